The number of amides is 1. The van der Waals surface area contributed by atoms with E-state index in [1.807, 2.05) is 31.9 Å². The lowest BCUT2D eigenvalue weighted by Crippen LogP contribution is -2.49. The normalized spacial score (nSPS) is 21.0. The van der Waals surface area contributed by atoms with Crippen molar-refractivity contribution in [2.24, 2.45) is 5.92 Å². The van der Waals surface area contributed by atoms with Crippen molar-refractivity contribution in [2.45, 2.75) is 45.6 Å². The number of carbonyl (C=O) groups excluding carboxylic acids is 1. The topological polar surface area (TPSA) is 60.2 Å². The minimum atomic E-state index is 0.214. The number of carbonyl (C=O) groups is 1. The molecule has 0 aromatic carbocycles. The van der Waals surface area contributed by atoms with Crippen molar-refractivity contribution in [3.05, 3.63) is 22.9 Å². The molecule has 0 spiro atoms. The number of nitrogens with zero attached hydrogens (tertiary/aromatic N) is 4. The van der Waals surface area contributed by atoms with Crippen LogP contribution in [0.25, 0.3) is 0 Å². The van der Waals surface area contributed by atoms with Gasteiger partial charge in [0.2, 0.25) is 5.91 Å². The Hall–Kier alpha value is -2.09. The van der Waals surface area contributed by atoms with Gasteiger partial charge in [-0.1, -0.05) is 0 Å². The van der Waals surface area contributed by atoms with Gasteiger partial charge in [0.25, 0.3) is 0 Å². The maximum absolute atomic E-state index is 12.3. The van der Waals surface area contributed by atoms with Gasteiger partial charge >= 0.3 is 0 Å². The van der Waals surface area contributed by atoms with E-state index < -0.39 is 0 Å². The second-order valence-electron chi connectivity index (χ2n) is 6.86. The molecule has 5 nitrogen and oxygen atoms in total. The molecular weight excluding hydrogens is 288 g/mol. The highest BCUT2D eigenvalue weighted by atomic mass is 16.2. The van der Waals surface area contributed by atoms with E-state index in [4.69, 9.17) is 0 Å². The zero-order chi connectivity index (χ0) is 16.6. The molecule has 2 fully saturated rings. The summed E-state index contributed by atoms with van der Waals surface area (Å²) >= 11 is 0. The second-order valence-corrected chi connectivity index (χ2v) is 6.86. The van der Waals surface area contributed by atoms with Gasteiger partial charge in [-0.15, -0.1) is 0 Å². The van der Waals surface area contributed by atoms with Crippen molar-refractivity contribution in [3.63, 3.8) is 0 Å². The van der Waals surface area contributed by atoms with Crippen LogP contribution in [0.2, 0.25) is 0 Å². The lowest BCUT2D eigenvalue weighted by Gasteiger charge is -2.38. The molecule has 1 saturated heterocycles. The number of rotatable bonds is 3. The van der Waals surface area contributed by atoms with Crippen LogP contribution in [0.5, 0.6) is 0 Å². The summed E-state index contributed by atoms with van der Waals surface area (Å²) in [5.74, 6) is 1.32. The molecule has 2 heterocycles. The van der Waals surface area contributed by atoms with Gasteiger partial charge in [0.1, 0.15) is 11.9 Å². The number of hydrogen-bond donors (Lipinski definition) is 0. The molecule has 3 rings (SSSR count). The molecular formula is C18H24N4O. The van der Waals surface area contributed by atoms with E-state index in [-0.39, 0.29) is 17.9 Å². The molecule has 1 aliphatic heterocycles. The fourth-order valence-corrected chi connectivity index (χ4v) is 3.45. The molecule has 1 atom stereocenters. The third-order valence-corrected chi connectivity index (χ3v) is 4.96. The van der Waals surface area contributed by atoms with Crippen LogP contribution < -0.4 is 4.90 Å². The third kappa shape index (κ3) is 3.17. The first-order valence-electron chi connectivity index (χ1n) is 8.41. The van der Waals surface area contributed by atoms with Crippen LogP contribution in [0.15, 0.2) is 6.07 Å². The summed E-state index contributed by atoms with van der Waals surface area (Å²) in [6.07, 6.45) is 4.12. The van der Waals surface area contributed by atoms with E-state index in [0.717, 1.165) is 55.8 Å². The van der Waals surface area contributed by atoms with Crippen molar-refractivity contribution >= 4 is 11.7 Å². The molecule has 5 heteroatoms. The Morgan fingerprint density at radius 1 is 1.39 bits per heavy atom. The zero-order valence-corrected chi connectivity index (χ0v) is 14.2. The van der Waals surface area contributed by atoms with Crippen LogP contribution >= 0.6 is 0 Å². The molecule has 1 unspecified atom stereocenters. The van der Waals surface area contributed by atoms with Crippen molar-refractivity contribution in [2.75, 3.05) is 25.0 Å². The minimum Gasteiger partial charge on any atom is -0.353 e. The molecule has 0 bridgehead atoms. The predicted molar refractivity (Wildman–Crippen MR) is 89.2 cm³/mol. The van der Waals surface area contributed by atoms with Crippen LogP contribution in [-0.4, -0.2) is 42.0 Å². The first-order valence-corrected chi connectivity index (χ1v) is 8.41. The number of hydrogen-bond acceptors (Lipinski definition) is 4. The molecule has 1 aromatic heterocycles. The monoisotopic (exact) mass is 312 g/mol. The summed E-state index contributed by atoms with van der Waals surface area (Å²) in [5.41, 5.74) is 2.56. The Morgan fingerprint density at radius 2 is 2.13 bits per heavy atom. The number of anilines is 1. The number of likely N-dealkylation sites (N-methyl/N-ethyl adjacent to an activating group) is 1. The van der Waals surface area contributed by atoms with Gasteiger partial charge in [-0.2, -0.15) is 5.26 Å². The first-order chi connectivity index (χ1) is 11.0. The van der Waals surface area contributed by atoms with E-state index in [9.17, 15) is 10.1 Å². The lowest BCUT2D eigenvalue weighted by molar-refractivity contribution is -0.133. The molecule has 1 aliphatic carbocycles. The smallest absolute Gasteiger partial charge is 0.225 e. The van der Waals surface area contributed by atoms with Gasteiger partial charge in [-0.25, -0.2) is 4.98 Å². The third-order valence-electron chi connectivity index (χ3n) is 4.96. The second kappa shape index (κ2) is 6.19. The van der Waals surface area contributed by atoms with Crippen molar-refractivity contribution in [3.8, 4) is 6.07 Å². The molecule has 2 aliphatic rings. The van der Waals surface area contributed by atoms with E-state index in [1.165, 1.54) is 0 Å². The summed E-state index contributed by atoms with van der Waals surface area (Å²) in [4.78, 5) is 21.0. The molecule has 1 aromatic rings. The fourth-order valence-electron chi connectivity index (χ4n) is 3.45. The van der Waals surface area contributed by atoms with E-state index in [0.29, 0.717) is 5.56 Å². The summed E-state index contributed by atoms with van der Waals surface area (Å²) in [6, 6.07) is 4.46. The quantitative estimate of drug-likeness (QED) is 0.860. The highest BCUT2D eigenvalue weighted by Gasteiger charge is 2.36. The average molecular weight is 312 g/mol. The number of pyridine rings is 1. The number of aryl methyl sites for hydroxylation is 2. The Labute approximate surface area is 137 Å². The highest BCUT2D eigenvalue weighted by Crippen LogP contribution is 2.32. The van der Waals surface area contributed by atoms with Crippen molar-refractivity contribution in [1.29, 1.82) is 5.26 Å². The lowest BCUT2D eigenvalue weighted by atomic mass is 10.0. The van der Waals surface area contributed by atoms with Crippen molar-refractivity contribution < 1.29 is 4.79 Å². The molecule has 122 valence electrons. The van der Waals surface area contributed by atoms with Gasteiger partial charge in [0.15, 0.2) is 0 Å². The first kappa shape index (κ1) is 15.8. The molecule has 0 radical (unpaired) electrons. The molecule has 0 N–H and O–H groups in total. The minimum absolute atomic E-state index is 0.214. The highest BCUT2D eigenvalue weighted by molar-refractivity contribution is 5.81. The van der Waals surface area contributed by atoms with Crippen LogP contribution in [0.1, 0.15) is 42.5 Å². The summed E-state index contributed by atoms with van der Waals surface area (Å²) in [7, 11) is 1.93. The number of nitriles is 1. The summed E-state index contributed by atoms with van der Waals surface area (Å²) < 4.78 is 0. The standard InChI is InChI=1S/C18H24N4O/c1-12-9-13(2)20-17(16(12)10-19)22-8-4-5-15(11-22)21(3)18(23)14-6-7-14/h9,14-15H,4-8,11H2,1-3H3. The van der Waals surface area contributed by atoms with Gasteiger partial charge in [-0.05, 0) is 51.2 Å². The maximum atomic E-state index is 12.3. The fraction of sp³-hybridized carbons (Fsp3) is 0.611. The van der Waals surface area contributed by atoms with Crippen LogP contribution in [0, 0.1) is 31.1 Å². The van der Waals surface area contributed by atoms with Gasteiger partial charge in [-0.3, -0.25) is 4.79 Å². The maximum Gasteiger partial charge on any atom is 0.225 e. The van der Waals surface area contributed by atoms with Crippen LogP contribution in [0.4, 0.5) is 5.82 Å². The Balaban J connectivity index is 1.81. The Bertz CT molecular complexity index is 660. The van der Waals surface area contributed by atoms with Gasteiger partial charge < -0.3 is 9.80 Å². The number of aromatic nitrogens is 1. The number of piperidine rings is 1. The summed E-state index contributed by atoms with van der Waals surface area (Å²) in [6.45, 7) is 5.58. The predicted octanol–water partition coefficient (Wildman–Crippen LogP) is 2.41. The molecule has 1 saturated carbocycles. The van der Waals surface area contributed by atoms with Crippen molar-refractivity contribution in [1.82, 2.24) is 9.88 Å². The van der Waals surface area contributed by atoms with Crippen LogP contribution in [-0.2, 0) is 4.79 Å². The van der Waals surface area contributed by atoms with E-state index in [1.54, 1.807) is 0 Å². The average Bonchev–Trinajstić information content (AvgIpc) is 3.38. The van der Waals surface area contributed by atoms with E-state index in [2.05, 4.69) is 16.0 Å². The van der Waals surface area contributed by atoms with Gasteiger partial charge in [0, 0.05) is 37.8 Å². The SMILES string of the molecule is Cc1cc(C)c(C#N)c(N2CCCC(N(C)C(=O)C3CC3)C2)n1. The zero-order valence-electron chi connectivity index (χ0n) is 14.2. The Kier molecular flexibility index (Phi) is 4.25. The Morgan fingerprint density at radius 3 is 2.78 bits per heavy atom. The molecule has 1 amide bonds. The van der Waals surface area contributed by atoms with Gasteiger partial charge in [0.05, 0.1) is 5.56 Å². The van der Waals surface area contributed by atoms with E-state index >= 15 is 0 Å². The largest absolute Gasteiger partial charge is 0.353 e. The van der Waals surface area contributed by atoms with Crippen LogP contribution in [0.3, 0.4) is 0 Å². The molecule has 23 heavy (non-hydrogen) atoms. The summed E-state index contributed by atoms with van der Waals surface area (Å²) in [5, 5.41) is 9.48.